The largest absolute Gasteiger partial charge is 0.472 e. The maximum Gasteiger partial charge on any atom is 0.472 e. The highest BCUT2D eigenvalue weighted by Crippen LogP contribution is 2.43. The number of nitrogens with one attached hydrogen (secondary N) is 1. The van der Waals surface area contributed by atoms with Gasteiger partial charge in [0.25, 0.3) is 0 Å². The van der Waals surface area contributed by atoms with Gasteiger partial charge in [0.2, 0.25) is 5.91 Å². The molecule has 0 aromatic heterocycles. The van der Waals surface area contributed by atoms with E-state index >= 15 is 0 Å². The molecule has 75 heavy (non-hydrogen) atoms. The number of likely N-dealkylation sites (N-methyl/N-ethyl adjacent to an activating group) is 1. The Morgan fingerprint density at radius 2 is 0.867 bits per heavy atom. The number of unbranched alkanes of at least 4 members (excludes halogenated alkanes) is 24. The molecular weight excluding hydrogens is 952 g/mol. The molecule has 0 aliphatic rings. The molecule has 0 saturated heterocycles. The van der Waals surface area contributed by atoms with Crippen molar-refractivity contribution < 1.29 is 37.3 Å². The molecule has 0 aromatic rings. The van der Waals surface area contributed by atoms with Crippen LogP contribution in [0.25, 0.3) is 0 Å². The van der Waals surface area contributed by atoms with Crippen molar-refractivity contribution in [3.8, 4) is 0 Å². The fourth-order valence-corrected chi connectivity index (χ4v) is 9.04. The minimum absolute atomic E-state index is 0.0270. The number of phosphoric ester groups is 1. The number of nitrogens with zero attached hydrogens (tertiary/aromatic N) is 1. The van der Waals surface area contributed by atoms with Crippen LogP contribution in [0, 0.1) is 0 Å². The smallest absolute Gasteiger partial charge is 0.456 e. The predicted molar refractivity (Wildman–Crippen MR) is 323 cm³/mol. The van der Waals surface area contributed by atoms with Gasteiger partial charge in [-0.1, -0.05) is 234 Å². The molecule has 0 radical (unpaired) electrons. The fraction of sp³-hybridized carbons (Fsp3) is 0.723. The highest BCUT2D eigenvalue weighted by atomic mass is 31.2. The molecule has 0 aromatic carbocycles. The van der Waals surface area contributed by atoms with Crippen LogP contribution in [-0.2, 0) is 27.9 Å². The predicted octanol–water partition coefficient (Wildman–Crippen LogP) is 18.8. The van der Waals surface area contributed by atoms with Gasteiger partial charge < -0.3 is 19.4 Å². The summed E-state index contributed by atoms with van der Waals surface area (Å²) in [5.74, 6) is -0.579. The van der Waals surface area contributed by atoms with Crippen molar-refractivity contribution in [1.29, 1.82) is 0 Å². The summed E-state index contributed by atoms with van der Waals surface area (Å²) in [7, 11) is 1.45. The Morgan fingerprint density at radius 3 is 1.33 bits per heavy atom. The molecule has 0 spiro atoms. The first-order valence-electron chi connectivity index (χ1n) is 30.6. The van der Waals surface area contributed by atoms with E-state index in [0.29, 0.717) is 23.9 Å². The molecule has 0 aliphatic heterocycles. The van der Waals surface area contributed by atoms with E-state index in [1.807, 2.05) is 33.3 Å². The number of hydrogen-bond donors (Lipinski definition) is 2. The van der Waals surface area contributed by atoms with E-state index in [4.69, 9.17) is 13.8 Å². The number of allylic oxidation sites excluding steroid dienone is 15. The van der Waals surface area contributed by atoms with Gasteiger partial charge in [0.1, 0.15) is 19.3 Å². The Labute approximate surface area is 462 Å². The van der Waals surface area contributed by atoms with Gasteiger partial charge in [-0.25, -0.2) is 4.57 Å². The summed E-state index contributed by atoms with van der Waals surface area (Å²) >= 11 is 0. The van der Waals surface area contributed by atoms with Crippen LogP contribution in [0.4, 0.5) is 0 Å². The highest BCUT2D eigenvalue weighted by molar-refractivity contribution is 7.47. The number of quaternary nitrogens is 1. The van der Waals surface area contributed by atoms with Crippen LogP contribution < -0.4 is 5.32 Å². The van der Waals surface area contributed by atoms with Crippen molar-refractivity contribution in [1.82, 2.24) is 5.32 Å². The summed E-state index contributed by atoms with van der Waals surface area (Å²) in [4.78, 5) is 37.6. The van der Waals surface area contributed by atoms with Crippen molar-refractivity contribution >= 4 is 19.7 Å². The standard InChI is InChI=1S/C65H115N2O7P/c1-7-10-13-16-19-22-25-27-29-31-32-33-34-36-37-39-42-45-48-51-54-57-64(68)66-62(61-73-75(70,71)72-60-59-67(4,5)6)63(56-53-50-47-44-41-24-21-18-15-12-9-3)74-65(69)58-55-52-49-46-43-40-38-35-30-28-26-23-20-17-14-11-8-2/h11,14,19-20,22-23,27-30,38,40,46,49,53,56,62-63H,7-10,12-13,15-18,21,24-26,31-37,39,41-45,47-48,50-52,54-55,57-61H2,1-6H3,(H-,66,68,70,71)/p+1/b14-11-,22-19-,23-20-,29-27-,30-28-,40-38-,49-46-,56-53-. The maximum absolute atomic E-state index is 13.5. The van der Waals surface area contributed by atoms with Gasteiger partial charge in [-0.05, 0) is 102 Å². The van der Waals surface area contributed by atoms with Crippen LogP contribution in [0.3, 0.4) is 0 Å². The highest BCUT2D eigenvalue weighted by Gasteiger charge is 2.30. The second-order valence-corrected chi connectivity index (χ2v) is 22.9. The molecule has 0 heterocycles. The molecule has 1 amide bonds. The van der Waals surface area contributed by atoms with Gasteiger partial charge in [-0.3, -0.25) is 18.6 Å². The molecule has 2 N–H and O–H groups in total. The number of phosphoric acid groups is 1. The first-order valence-corrected chi connectivity index (χ1v) is 32.1. The third-order valence-corrected chi connectivity index (χ3v) is 14.0. The van der Waals surface area contributed by atoms with Crippen LogP contribution in [0.1, 0.15) is 252 Å². The summed E-state index contributed by atoms with van der Waals surface area (Å²) in [5.41, 5.74) is 0. The second-order valence-electron chi connectivity index (χ2n) is 21.5. The Kier molecular flexibility index (Phi) is 52.1. The Morgan fingerprint density at radius 1 is 0.480 bits per heavy atom. The topological polar surface area (TPSA) is 111 Å². The molecule has 432 valence electrons. The van der Waals surface area contributed by atoms with Crippen molar-refractivity contribution in [3.05, 3.63) is 97.2 Å². The van der Waals surface area contributed by atoms with Gasteiger partial charge in [-0.2, -0.15) is 0 Å². The number of carbonyl (C=O) groups is 2. The molecule has 9 nitrogen and oxygen atoms in total. The molecule has 0 fully saturated rings. The molecule has 0 aliphatic carbocycles. The van der Waals surface area contributed by atoms with E-state index in [9.17, 15) is 19.0 Å². The molecule has 0 rings (SSSR count). The van der Waals surface area contributed by atoms with Gasteiger partial charge in [-0.15, -0.1) is 0 Å². The minimum Gasteiger partial charge on any atom is -0.456 e. The normalized spacial score (nSPS) is 14.4. The third-order valence-electron chi connectivity index (χ3n) is 13.0. The monoisotopic (exact) mass is 1070 g/mol. The number of amides is 1. The van der Waals surface area contributed by atoms with Crippen LogP contribution >= 0.6 is 7.82 Å². The van der Waals surface area contributed by atoms with Gasteiger partial charge in [0, 0.05) is 12.8 Å². The average molecular weight is 1070 g/mol. The van der Waals surface area contributed by atoms with E-state index in [2.05, 4.69) is 111 Å². The van der Waals surface area contributed by atoms with Crippen LogP contribution in [0.2, 0.25) is 0 Å². The van der Waals surface area contributed by atoms with Crippen molar-refractivity contribution in [2.75, 3.05) is 40.9 Å². The zero-order chi connectivity index (χ0) is 55.0. The summed E-state index contributed by atoms with van der Waals surface area (Å²) < 4.78 is 30.6. The second kappa shape index (κ2) is 54.3. The summed E-state index contributed by atoms with van der Waals surface area (Å²) in [5, 5.41) is 3.04. The van der Waals surface area contributed by atoms with E-state index < -0.39 is 20.0 Å². The fourth-order valence-electron chi connectivity index (χ4n) is 8.30. The minimum atomic E-state index is -4.46. The summed E-state index contributed by atoms with van der Waals surface area (Å²) in [6, 6.07) is -0.877. The van der Waals surface area contributed by atoms with E-state index in [1.54, 1.807) is 0 Å². The van der Waals surface area contributed by atoms with Gasteiger partial charge in [0.15, 0.2) is 0 Å². The zero-order valence-corrected chi connectivity index (χ0v) is 50.2. The van der Waals surface area contributed by atoms with E-state index in [1.165, 1.54) is 128 Å². The molecular formula is C65H116N2O7P+. The molecule has 3 atom stereocenters. The van der Waals surface area contributed by atoms with Crippen molar-refractivity contribution in [2.24, 2.45) is 0 Å². The van der Waals surface area contributed by atoms with Crippen LogP contribution in [0.15, 0.2) is 97.2 Å². The Balaban J connectivity index is 5.29. The molecule has 10 heteroatoms. The number of carbonyl (C=O) groups excluding carboxylic acids is 2. The summed E-state index contributed by atoms with van der Waals surface area (Å²) in [6.45, 7) is 6.82. The number of rotatable bonds is 54. The third kappa shape index (κ3) is 55.5. The van der Waals surface area contributed by atoms with Crippen LogP contribution in [-0.4, -0.2) is 74.3 Å². The maximum atomic E-state index is 13.5. The Bertz CT molecular complexity index is 1610. The Hall–Kier alpha value is -3.07. The number of ether oxygens (including phenoxy) is 1. The average Bonchev–Trinajstić information content (AvgIpc) is 3.37. The SMILES string of the molecule is CC/C=C\C/C=C\C/C=C\C/C=C\C/C=C\CCCC(=O)OC(/C=C\CCCCCCCCCCC)C(COP(=O)(O)OCC[N+](C)(C)C)NC(=O)CCCCCCCCCCCCC/C=C\C/C=C\CCCCC. The molecule has 0 bridgehead atoms. The zero-order valence-electron chi connectivity index (χ0n) is 49.3. The first-order chi connectivity index (χ1) is 36.4. The van der Waals surface area contributed by atoms with Crippen LogP contribution in [0.5, 0.6) is 0 Å². The molecule has 0 saturated carbocycles. The van der Waals surface area contributed by atoms with Crippen molar-refractivity contribution in [3.63, 3.8) is 0 Å². The quantitative estimate of drug-likeness (QED) is 0.0205. The van der Waals surface area contributed by atoms with E-state index in [-0.39, 0.29) is 31.5 Å². The van der Waals surface area contributed by atoms with Crippen molar-refractivity contribution in [2.45, 2.75) is 264 Å². The lowest BCUT2D eigenvalue weighted by molar-refractivity contribution is -0.870. The first kappa shape index (κ1) is 71.9. The van der Waals surface area contributed by atoms with E-state index in [0.717, 1.165) is 83.5 Å². The summed E-state index contributed by atoms with van der Waals surface area (Å²) in [6.07, 6.45) is 72.7. The number of esters is 1. The lowest BCUT2D eigenvalue weighted by Crippen LogP contribution is -2.47. The lowest BCUT2D eigenvalue weighted by atomic mass is 10.0. The van der Waals surface area contributed by atoms with Gasteiger partial charge in [0.05, 0.1) is 33.8 Å². The molecule has 3 unspecified atom stereocenters. The lowest BCUT2D eigenvalue weighted by Gasteiger charge is -2.27. The van der Waals surface area contributed by atoms with Gasteiger partial charge >= 0.3 is 13.8 Å². The number of hydrogen-bond acceptors (Lipinski definition) is 6.